The molecule has 0 spiro atoms. The first-order valence-corrected chi connectivity index (χ1v) is 11.4. The Hall–Kier alpha value is -3.35. The van der Waals surface area contributed by atoms with Gasteiger partial charge in [-0.2, -0.15) is 0 Å². The van der Waals surface area contributed by atoms with Crippen LogP contribution in [0.3, 0.4) is 0 Å². The van der Waals surface area contributed by atoms with Crippen molar-refractivity contribution in [2.24, 2.45) is 0 Å². The molecule has 2 N–H and O–H groups in total. The molecule has 0 radical (unpaired) electrons. The highest BCUT2D eigenvalue weighted by atomic mass is 16.2. The molecule has 2 fully saturated rings. The second kappa shape index (κ2) is 10.3. The first-order valence-electron chi connectivity index (χ1n) is 11.4. The quantitative estimate of drug-likeness (QED) is 0.728. The monoisotopic (exact) mass is 434 g/mol. The zero-order valence-corrected chi connectivity index (χ0v) is 18.3. The number of hydrogen-bond donors (Lipinski definition) is 2. The molecular weight excluding hydrogens is 404 g/mol. The molecule has 0 aromatic heterocycles. The van der Waals surface area contributed by atoms with Crippen molar-refractivity contribution < 1.29 is 14.4 Å². The first-order chi connectivity index (χ1) is 15.6. The average Bonchev–Trinajstić information content (AvgIpc) is 3.38. The van der Waals surface area contributed by atoms with Gasteiger partial charge in [0.1, 0.15) is 0 Å². The normalized spacial score (nSPS) is 16.0. The van der Waals surface area contributed by atoms with Gasteiger partial charge in [0, 0.05) is 48.7 Å². The maximum absolute atomic E-state index is 12.6. The summed E-state index contributed by atoms with van der Waals surface area (Å²) < 4.78 is 0. The molecule has 2 aliphatic heterocycles. The average molecular weight is 435 g/mol. The Labute approximate surface area is 188 Å². The summed E-state index contributed by atoms with van der Waals surface area (Å²) in [5.41, 5.74) is 2.64. The third kappa shape index (κ3) is 5.46. The van der Waals surface area contributed by atoms with Crippen molar-refractivity contribution in [1.82, 2.24) is 9.80 Å². The third-order valence-electron chi connectivity index (χ3n) is 6.01. The van der Waals surface area contributed by atoms with Crippen LogP contribution in [-0.2, 0) is 4.79 Å². The van der Waals surface area contributed by atoms with Gasteiger partial charge in [-0.25, -0.2) is 0 Å². The lowest BCUT2D eigenvalue weighted by Gasteiger charge is -2.26. The molecule has 7 heteroatoms. The summed E-state index contributed by atoms with van der Waals surface area (Å²) in [7, 11) is 0. The van der Waals surface area contributed by atoms with E-state index in [1.54, 1.807) is 36.4 Å². The van der Waals surface area contributed by atoms with Crippen molar-refractivity contribution in [3.8, 4) is 0 Å². The maximum atomic E-state index is 12.6. The van der Waals surface area contributed by atoms with Gasteiger partial charge < -0.3 is 20.4 Å². The Morgan fingerprint density at radius 1 is 0.688 bits per heavy atom. The van der Waals surface area contributed by atoms with Crippen LogP contribution >= 0.6 is 0 Å². The van der Waals surface area contributed by atoms with E-state index in [9.17, 15) is 14.4 Å². The topological polar surface area (TPSA) is 81.8 Å². The van der Waals surface area contributed by atoms with E-state index >= 15 is 0 Å². The molecule has 0 saturated carbocycles. The number of carbonyl (C=O) groups is 3. The summed E-state index contributed by atoms with van der Waals surface area (Å²) in [5, 5.41) is 5.92. The highest BCUT2D eigenvalue weighted by molar-refractivity contribution is 5.97. The molecule has 2 aliphatic rings. The Morgan fingerprint density at radius 3 is 1.94 bits per heavy atom. The van der Waals surface area contributed by atoms with Gasteiger partial charge >= 0.3 is 0 Å². The van der Waals surface area contributed by atoms with Crippen LogP contribution < -0.4 is 10.6 Å². The Kier molecular flexibility index (Phi) is 7.04. The maximum Gasteiger partial charge on any atom is 0.253 e. The predicted molar refractivity (Wildman–Crippen MR) is 125 cm³/mol. The van der Waals surface area contributed by atoms with Crippen LogP contribution in [0.15, 0.2) is 48.5 Å². The summed E-state index contributed by atoms with van der Waals surface area (Å²) in [5.74, 6) is -0.112. The zero-order valence-electron chi connectivity index (χ0n) is 18.3. The summed E-state index contributed by atoms with van der Waals surface area (Å²) >= 11 is 0. The molecule has 0 unspecified atom stereocenters. The lowest BCUT2D eigenvalue weighted by molar-refractivity contribution is -0.114. The minimum atomic E-state index is -0.198. The second-order valence-corrected chi connectivity index (χ2v) is 8.41. The molecule has 7 nitrogen and oxygen atoms in total. The molecule has 0 atom stereocenters. The molecular formula is C25H30N4O3. The van der Waals surface area contributed by atoms with Gasteiger partial charge in [-0.1, -0.05) is 6.07 Å². The zero-order chi connectivity index (χ0) is 22.3. The van der Waals surface area contributed by atoms with Crippen molar-refractivity contribution >= 4 is 29.1 Å². The summed E-state index contributed by atoms with van der Waals surface area (Å²) in [6.45, 7) is 3.32. The van der Waals surface area contributed by atoms with E-state index in [0.29, 0.717) is 16.8 Å². The highest BCUT2D eigenvalue weighted by Crippen LogP contribution is 2.17. The number of hydrogen-bond acceptors (Lipinski definition) is 4. The second-order valence-electron chi connectivity index (χ2n) is 8.41. The summed E-state index contributed by atoms with van der Waals surface area (Å²) in [6.07, 6.45) is 5.40. The number of anilines is 2. The van der Waals surface area contributed by atoms with Gasteiger partial charge in [0.05, 0.1) is 6.54 Å². The lowest BCUT2D eigenvalue weighted by Crippen LogP contribution is -2.35. The number of benzene rings is 2. The predicted octanol–water partition coefficient (Wildman–Crippen LogP) is 3.60. The van der Waals surface area contributed by atoms with E-state index in [1.165, 1.54) is 6.42 Å². The lowest BCUT2D eigenvalue weighted by atomic mass is 10.1. The fourth-order valence-corrected chi connectivity index (χ4v) is 4.23. The van der Waals surface area contributed by atoms with E-state index in [-0.39, 0.29) is 24.3 Å². The van der Waals surface area contributed by atoms with Crippen LogP contribution in [0.1, 0.15) is 52.8 Å². The number of nitrogens with zero attached hydrogens (tertiary/aromatic N) is 2. The summed E-state index contributed by atoms with van der Waals surface area (Å²) in [6, 6.07) is 14.3. The molecule has 4 rings (SSSR count). The largest absolute Gasteiger partial charge is 0.376 e. The number of amides is 3. The van der Waals surface area contributed by atoms with Gasteiger partial charge in [-0.05, 0) is 74.6 Å². The standard InChI is InChI=1S/C25H30N4O3/c30-23(18-26-22-8-6-7-20(17-22)25(32)29-15-4-5-16-29)27-21-11-9-19(10-12-21)24(31)28-13-2-1-3-14-28/h6-12,17,26H,1-5,13-16,18H2,(H,27,30). The van der Waals surface area contributed by atoms with Crippen molar-refractivity contribution in [2.75, 3.05) is 43.4 Å². The third-order valence-corrected chi connectivity index (χ3v) is 6.01. The van der Waals surface area contributed by atoms with Crippen molar-refractivity contribution in [1.29, 1.82) is 0 Å². The fraction of sp³-hybridized carbons (Fsp3) is 0.400. The molecule has 2 saturated heterocycles. The van der Waals surface area contributed by atoms with Crippen LogP contribution in [-0.4, -0.2) is 60.2 Å². The van der Waals surface area contributed by atoms with Gasteiger partial charge in [0.25, 0.3) is 11.8 Å². The molecule has 32 heavy (non-hydrogen) atoms. The number of likely N-dealkylation sites (tertiary alicyclic amines) is 2. The molecule has 0 aliphatic carbocycles. The number of carbonyl (C=O) groups excluding carboxylic acids is 3. The number of rotatable bonds is 6. The Bertz CT molecular complexity index is 961. The molecule has 2 aromatic carbocycles. The Balaban J connectivity index is 1.28. The van der Waals surface area contributed by atoms with Crippen LogP contribution in [0.4, 0.5) is 11.4 Å². The summed E-state index contributed by atoms with van der Waals surface area (Å²) in [4.78, 5) is 41.2. The minimum absolute atomic E-state index is 0.0368. The van der Waals surface area contributed by atoms with Crippen molar-refractivity contribution in [3.63, 3.8) is 0 Å². The van der Waals surface area contributed by atoms with Gasteiger partial charge in [0.2, 0.25) is 5.91 Å². The molecule has 0 bridgehead atoms. The molecule has 3 amide bonds. The van der Waals surface area contributed by atoms with E-state index in [2.05, 4.69) is 10.6 Å². The van der Waals surface area contributed by atoms with Crippen LogP contribution in [0.2, 0.25) is 0 Å². The van der Waals surface area contributed by atoms with Crippen LogP contribution in [0.25, 0.3) is 0 Å². The first kappa shape index (κ1) is 21.9. The van der Waals surface area contributed by atoms with Gasteiger partial charge in [0.15, 0.2) is 0 Å². The van der Waals surface area contributed by atoms with Crippen molar-refractivity contribution in [2.45, 2.75) is 32.1 Å². The van der Waals surface area contributed by atoms with Crippen LogP contribution in [0.5, 0.6) is 0 Å². The van der Waals surface area contributed by atoms with E-state index < -0.39 is 0 Å². The molecule has 2 heterocycles. The Morgan fingerprint density at radius 2 is 1.28 bits per heavy atom. The van der Waals surface area contributed by atoms with Gasteiger partial charge in [-0.3, -0.25) is 14.4 Å². The fourth-order valence-electron chi connectivity index (χ4n) is 4.23. The SMILES string of the molecule is O=C(CNc1cccc(C(=O)N2CCCC2)c1)Nc1ccc(C(=O)N2CCCCC2)cc1. The molecule has 2 aromatic rings. The van der Waals surface area contributed by atoms with Crippen molar-refractivity contribution in [3.05, 3.63) is 59.7 Å². The molecule has 168 valence electrons. The van der Waals surface area contributed by atoms with E-state index in [1.807, 2.05) is 21.9 Å². The highest BCUT2D eigenvalue weighted by Gasteiger charge is 2.20. The van der Waals surface area contributed by atoms with E-state index in [4.69, 9.17) is 0 Å². The van der Waals surface area contributed by atoms with Gasteiger partial charge in [-0.15, -0.1) is 0 Å². The number of nitrogens with one attached hydrogen (secondary N) is 2. The van der Waals surface area contributed by atoms with E-state index in [0.717, 1.165) is 57.5 Å². The number of piperidine rings is 1. The van der Waals surface area contributed by atoms with Crippen LogP contribution in [0, 0.1) is 0 Å². The smallest absolute Gasteiger partial charge is 0.253 e. The minimum Gasteiger partial charge on any atom is -0.376 e.